The molecule has 1 fully saturated rings. The number of aryl methyl sites for hydroxylation is 2. The summed E-state index contributed by atoms with van der Waals surface area (Å²) in [5, 5.41) is 11.9. The monoisotopic (exact) mass is 646 g/mol. The minimum Gasteiger partial charge on any atom is -0.507 e. The third-order valence-electron chi connectivity index (χ3n) is 7.66. The van der Waals surface area contributed by atoms with E-state index in [4.69, 9.17) is 14.2 Å². The molecule has 5 aromatic rings. The highest BCUT2D eigenvalue weighted by Crippen LogP contribution is 2.45. The Morgan fingerprint density at radius 2 is 1.57 bits per heavy atom. The fourth-order valence-corrected chi connectivity index (χ4v) is 6.37. The molecule has 1 aromatic heterocycles. The van der Waals surface area contributed by atoms with Crippen molar-refractivity contribution in [3.8, 4) is 17.2 Å². The lowest BCUT2D eigenvalue weighted by molar-refractivity contribution is -0.132. The second-order valence-corrected chi connectivity index (χ2v) is 11.8. The van der Waals surface area contributed by atoms with E-state index in [1.165, 1.54) is 12.0 Å². The van der Waals surface area contributed by atoms with Crippen LogP contribution in [0, 0.1) is 13.8 Å². The molecule has 1 aliphatic rings. The fraction of sp³-hybridized carbons (Fsp3) is 0.135. The van der Waals surface area contributed by atoms with Crippen molar-refractivity contribution in [3.05, 3.63) is 142 Å². The Balaban J connectivity index is 1.43. The maximum atomic E-state index is 13.8. The number of hydrogen-bond donors (Lipinski definition) is 1. The highest BCUT2D eigenvalue weighted by molar-refractivity contribution is 7.17. The molecule has 1 N–H and O–H groups in total. The number of ketones is 1. The van der Waals surface area contributed by atoms with Crippen molar-refractivity contribution >= 4 is 39.9 Å². The minimum absolute atomic E-state index is 0.116. The number of aliphatic hydroxyl groups excluding tert-OH is 1. The number of ether oxygens (including phenoxy) is 3. The summed E-state index contributed by atoms with van der Waals surface area (Å²) in [5.41, 5.74) is 2.72. The van der Waals surface area contributed by atoms with Crippen LogP contribution in [0.25, 0.3) is 5.76 Å². The zero-order chi connectivity index (χ0) is 33.1. The van der Waals surface area contributed by atoms with Gasteiger partial charge in [0.25, 0.3) is 5.78 Å². The molecule has 0 saturated carbocycles. The van der Waals surface area contributed by atoms with Crippen molar-refractivity contribution in [2.75, 3.05) is 12.0 Å². The first kappa shape index (κ1) is 31.3. The summed E-state index contributed by atoms with van der Waals surface area (Å²) in [6.45, 7) is 3.77. The molecule has 4 aromatic carbocycles. The number of Topliss-reactive ketones (excluding diaryl/α,β-unsaturated/α-hetero) is 1. The molecule has 0 unspecified atom stereocenters. The number of methoxy groups -OCH3 is 1. The van der Waals surface area contributed by atoms with Gasteiger partial charge in [-0.2, -0.15) is 0 Å². The van der Waals surface area contributed by atoms with Gasteiger partial charge in [-0.25, -0.2) is 9.78 Å². The predicted octanol–water partition coefficient (Wildman–Crippen LogP) is 7.54. The number of para-hydroxylation sites is 1. The molecule has 2 heterocycles. The van der Waals surface area contributed by atoms with Crippen LogP contribution in [-0.2, 0) is 20.9 Å². The molecular weight excluding hydrogens is 616 g/mol. The average molecular weight is 647 g/mol. The minimum atomic E-state index is -1.08. The summed E-state index contributed by atoms with van der Waals surface area (Å²) in [6.07, 6.45) is 0. The first-order valence-corrected chi connectivity index (χ1v) is 15.5. The first-order chi connectivity index (χ1) is 22.7. The standard InChI is InChI=1S/C37H30N2O7S/c1-22-19-27(45-21-24-11-6-4-7-12-24)17-18-29(22)32(40)30-31(25-13-10-16-28(20-25)46-26-14-8-5-9-15-26)39(35(42)33(30)41)37-38-23(2)34(47-37)36(43)44-3/h4-20,31,40H,21H2,1-3H3/t31-/m0/s1. The highest BCUT2D eigenvalue weighted by Gasteiger charge is 2.48. The number of aliphatic hydroxyl groups is 1. The van der Waals surface area contributed by atoms with E-state index >= 15 is 0 Å². The second-order valence-electron chi connectivity index (χ2n) is 10.8. The zero-order valence-electron chi connectivity index (χ0n) is 25.8. The first-order valence-electron chi connectivity index (χ1n) is 14.7. The topological polar surface area (TPSA) is 115 Å². The molecule has 6 rings (SSSR count). The molecule has 9 nitrogen and oxygen atoms in total. The normalized spacial score (nSPS) is 15.5. The Kier molecular flexibility index (Phi) is 8.86. The van der Waals surface area contributed by atoms with Crippen molar-refractivity contribution in [2.45, 2.75) is 26.5 Å². The number of benzene rings is 4. The van der Waals surface area contributed by atoms with Crippen LogP contribution >= 0.6 is 11.3 Å². The molecule has 236 valence electrons. The van der Waals surface area contributed by atoms with E-state index < -0.39 is 23.7 Å². The summed E-state index contributed by atoms with van der Waals surface area (Å²) in [4.78, 5) is 45.9. The number of amides is 1. The van der Waals surface area contributed by atoms with Gasteiger partial charge in [0.2, 0.25) is 0 Å². The van der Waals surface area contributed by atoms with Crippen LogP contribution in [0.15, 0.2) is 109 Å². The summed E-state index contributed by atoms with van der Waals surface area (Å²) >= 11 is 0.934. The summed E-state index contributed by atoms with van der Waals surface area (Å²) in [5.74, 6) is -1.10. The van der Waals surface area contributed by atoms with Crippen LogP contribution < -0.4 is 14.4 Å². The van der Waals surface area contributed by atoms with Crippen molar-refractivity contribution in [2.24, 2.45) is 0 Å². The van der Waals surface area contributed by atoms with Gasteiger partial charge in [0, 0.05) is 5.56 Å². The van der Waals surface area contributed by atoms with Crippen molar-refractivity contribution in [3.63, 3.8) is 0 Å². The van der Waals surface area contributed by atoms with E-state index in [1.54, 1.807) is 68.4 Å². The van der Waals surface area contributed by atoms with Gasteiger partial charge in [-0.3, -0.25) is 14.5 Å². The van der Waals surface area contributed by atoms with Gasteiger partial charge in [0.15, 0.2) is 5.13 Å². The SMILES string of the molecule is COC(=O)c1sc(N2C(=O)C(=O)C(=C(O)c3ccc(OCc4ccccc4)cc3C)[C@@H]2c2cccc(Oc3ccccc3)c2)nc1C. The Hall–Kier alpha value is -5.74. The molecule has 0 aliphatic carbocycles. The molecule has 1 amide bonds. The molecule has 0 spiro atoms. The van der Waals surface area contributed by atoms with Crippen LogP contribution in [0.5, 0.6) is 17.2 Å². The van der Waals surface area contributed by atoms with Gasteiger partial charge in [0.1, 0.15) is 34.5 Å². The maximum Gasteiger partial charge on any atom is 0.350 e. The van der Waals surface area contributed by atoms with Crippen LogP contribution in [0.2, 0.25) is 0 Å². The van der Waals surface area contributed by atoms with Crippen molar-refractivity contribution < 1.29 is 33.7 Å². The molecule has 10 heteroatoms. The Bertz CT molecular complexity index is 2000. The average Bonchev–Trinajstić information content (AvgIpc) is 3.60. The van der Waals surface area contributed by atoms with E-state index in [1.807, 2.05) is 48.5 Å². The fourth-order valence-electron chi connectivity index (χ4n) is 5.36. The van der Waals surface area contributed by atoms with Gasteiger partial charge in [-0.05, 0) is 73.0 Å². The lowest BCUT2D eigenvalue weighted by atomic mass is 9.94. The van der Waals surface area contributed by atoms with Gasteiger partial charge in [-0.1, -0.05) is 72.0 Å². The maximum absolute atomic E-state index is 13.8. The quantitative estimate of drug-likeness (QED) is 0.0756. The van der Waals surface area contributed by atoms with Crippen LogP contribution in [-0.4, -0.2) is 34.9 Å². The molecule has 1 saturated heterocycles. The highest BCUT2D eigenvalue weighted by atomic mass is 32.1. The molecule has 1 aliphatic heterocycles. The van der Waals surface area contributed by atoms with E-state index in [2.05, 4.69) is 4.98 Å². The molecule has 47 heavy (non-hydrogen) atoms. The molecule has 0 radical (unpaired) electrons. The summed E-state index contributed by atoms with van der Waals surface area (Å²) in [7, 11) is 1.26. The number of esters is 1. The van der Waals surface area contributed by atoms with Gasteiger partial charge in [0.05, 0.1) is 24.4 Å². The largest absolute Gasteiger partial charge is 0.507 e. The number of carbonyl (C=O) groups is 3. The van der Waals surface area contributed by atoms with Crippen LogP contribution in [0.1, 0.15) is 43.7 Å². The van der Waals surface area contributed by atoms with Gasteiger partial charge >= 0.3 is 11.9 Å². The number of nitrogens with zero attached hydrogens (tertiary/aromatic N) is 2. The number of rotatable bonds is 9. The van der Waals surface area contributed by atoms with Crippen molar-refractivity contribution in [1.29, 1.82) is 0 Å². The number of carbonyl (C=O) groups excluding carboxylic acids is 3. The number of thiazole rings is 1. The summed E-state index contributed by atoms with van der Waals surface area (Å²) in [6, 6.07) is 29.9. The predicted molar refractivity (Wildman–Crippen MR) is 178 cm³/mol. The number of aromatic nitrogens is 1. The van der Waals surface area contributed by atoms with Crippen molar-refractivity contribution in [1.82, 2.24) is 4.98 Å². The number of anilines is 1. The Morgan fingerprint density at radius 3 is 2.28 bits per heavy atom. The van der Waals surface area contributed by atoms with Crippen LogP contribution in [0.4, 0.5) is 5.13 Å². The van der Waals surface area contributed by atoms with Gasteiger partial charge < -0.3 is 19.3 Å². The van der Waals surface area contributed by atoms with E-state index in [9.17, 15) is 19.5 Å². The Morgan fingerprint density at radius 1 is 0.872 bits per heavy atom. The second kappa shape index (κ2) is 13.3. The Labute approximate surface area is 275 Å². The zero-order valence-corrected chi connectivity index (χ0v) is 26.6. The smallest absolute Gasteiger partial charge is 0.350 e. The van der Waals surface area contributed by atoms with Gasteiger partial charge in [-0.15, -0.1) is 0 Å². The van der Waals surface area contributed by atoms with E-state index in [0.29, 0.717) is 46.2 Å². The molecule has 0 bridgehead atoms. The molecular formula is C37H30N2O7S. The third-order valence-corrected chi connectivity index (χ3v) is 8.80. The third kappa shape index (κ3) is 6.36. The number of hydrogen-bond acceptors (Lipinski definition) is 9. The lowest BCUT2D eigenvalue weighted by Crippen LogP contribution is -2.29. The van der Waals surface area contributed by atoms with Crippen LogP contribution in [0.3, 0.4) is 0 Å². The van der Waals surface area contributed by atoms with E-state index in [0.717, 1.165) is 16.9 Å². The molecule has 1 atom stereocenters. The lowest BCUT2D eigenvalue weighted by Gasteiger charge is -2.23. The van der Waals surface area contributed by atoms with E-state index in [-0.39, 0.29) is 21.3 Å². The summed E-state index contributed by atoms with van der Waals surface area (Å²) < 4.78 is 16.9.